The van der Waals surface area contributed by atoms with Crippen LogP contribution >= 0.6 is 11.3 Å². The van der Waals surface area contributed by atoms with Gasteiger partial charge in [-0.15, -0.1) is 11.3 Å². The van der Waals surface area contributed by atoms with Gasteiger partial charge in [0, 0.05) is 28.6 Å². The van der Waals surface area contributed by atoms with Crippen molar-refractivity contribution in [1.82, 2.24) is 4.98 Å². The van der Waals surface area contributed by atoms with Gasteiger partial charge in [0.15, 0.2) is 5.13 Å². The Bertz CT molecular complexity index is 1040. The van der Waals surface area contributed by atoms with E-state index in [0.717, 1.165) is 39.8 Å². The number of methoxy groups -OCH3 is 1. The average molecular weight is 392 g/mol. The van der Waals surface area contributed by atoms with Crippen LogP contribution in [0.25, 0.3) is 17.3 Å². The van der Waals surface area contributed by atoms with Crippen LogP contribution in [0.2, 0.25) is 0 Å². The van der Waals surface area contributed by atoms with Gasteiger partial charge in [0.05, 0.1) is 19.4 Å². The number of carbonyl (C=O) groups is 1. The summed E-state index contributed by atoms with van der Waals surface area (Å²) in [6, 6.07) is 14.0. The molecule has 1 aliphatic rings. The Labute approximate surface area is 167 Å². The molecule has 4 rings (SSSR count). The highest BCUT2D eigenvalue weighted by atomic mass is 32.1. The van der Waals surface area contributed by atoms with Crippen LogP contribution in [0.15, 0.2) is 48.5 Å². The number of anilines is 2. The van der Waals surface area contributed by atoms with E-state index in [9.17, 15) is 4.79 Å². The molecule has 6 heteroatoms. The number of fused-ring (bicyclic) bond motifs is 3. The molecule has 142 valence electrons. The normalized spacial score (nSPS) is 11.9. The Kier molecular flexibility index (Phi) is 5.12. The van der Waals surface area contributed by atoms with Gasteiger partial charge in [-0.1, -0.05) is 18.2 Å². The minimum atomic E-state index is -0.321. The monoisotopic (exact) mass is 392 g/mol. The van der Waals surface area contributed by atoms with Gasteiger partial charge < -0.3 is 14.8 Å². The summed E-state index contributed by atoms with van der Waals surface area (Å²) in [7, 11) is 1.66. The minimum absolute atomic E-state index is 0.321. The lowest BCUT2D eigenvalue weighted by Gasteiger charge is -2.05. The first-order valence-corrected chi connectivity index (χ1v) is 9.87. The van der Waals surface area contributed by atoms with Crippen LogP contribution in [0.3, 0.4) is 0 Å². The summed E-state index contributed by atoms with van der Waals surface area (Å²) in [5.41, 5.74) is 5.39. The molecule has 0 spiro atoms. The van der Waals surface area contributed by atoms with Crippen LogP contribution in [-0.4, -0.2) is 24.7 Å². The molecule has 1 aromatic heterocycles. The fourth-order valence-corrected chi connectivity index (χ4v) is 4.17. The Morgan fingerprint density at radius 3 is 2.82 bits per heavy atom. The second kappa shape index (κ2) is 7.86. The summed E-state index contributed by atoms with van der Waals surface area (Å²) in [5.74, 6) is 0.506. The summed E-state index contributed by atoms with van der Waals surface area (Å²) < 4.78 is 10.1. The van der Waals surface area contributed by atoms with E-state index in [0.29, 0.717) is 6.61 Å². The second-order valence-electron chi connectivity index (χ2n) is 6.32. The van der Waals surface area contributed by atoms with Crippen molar-refractivity contribution in [2.24, 2.45) is 0 Å². The van der Waals surface area contributed by atoms with Crippen molar-refractivity contribution in [3.63, 3.8) is 0 Å². The Morgan fingerprint density at radius 1 is 1.25 bits per heavy atom. The van der Waals surface area contributed by atoms with Crippen molar-refractivity contribution >= 4 is 34.2 Å². The SMILES string of the molecule is CCOC(=O)/C=C/c1ccc2c(c1)Cc1sc(Nc3ccc(OC)cc3)nc1-2. The van der Waals surface area contributed by atoms with Crippen LogP contribution < -0.4 is 10.1 Å². The standard InChI is InChI=1S/C22H20N2O3S/c1-3-27-20(25)11-5-14-4-10-18-15(12-14)13-19-21(18)24-22(28-19)23-16-6-8-17(26-2)9-7-16/h4-12H,3,13H2,1-2H3,(H,23,24)/b11-5+. The number of nitrogens with one attached hydrogen (secondary N) is 1. The molecule has 2 aromatic carbocycles. The van der Waals surface area contributed by atoms with E-state index in [1.165, 1.54) is 16.5 Å². The van der Waals surface area contributed by atoms with Crippen molar-refractivity contribution in [2.45, 2.75) is 13.3 Å². The van der Waals surface area contributed by atoms with Gasteiger partial charge in [-0.25, -0.2) is 9.78 Å². The summed E-state index contributed by atoms with van der Waals surface area (Å²) in [4.78, 5) is 17.5. The third-order valence-corrected chi connectivity index (χ3v) is 5.44. The molecule has 1 aliphatic carbocycles. The predicted octanol–water partition coefficient (Wildman–Crippen LogP) is 5.04. The minimum Gasteiger partial charge on any atom is -0.497 e. The molecule has 0 unspecified atom stereocenters. The molecule has 5 nitrogen and oxygen atoms in total. The number of hydrogen-bond donors (Lipinski definition) is 1. The van der Waals surface area contributed by atoms with Crippen LogP contribution in [0.1, 0.15) is 22.9 Å². The summed E-state index contributed by atoms with van der Waals surface area (Å²) in [5, 5.41) is 4.24. The maximum Gasteiger partial charge on any atom is 0.330 e. The second-order valence-corrected chi connectivity index (χ2v) is 7.41. The molecule has 1 N–H and O–H groups in total. The predicted molar refractivity (Wildman–Crippen MR) is 112 cm³/mol. The number of nitrogens with zero attached hydrogens (tertiary/aromatic N) is 1. The zero-order valence-electron chi connectivity index (χ0n) is 15.7. The lowest BCUT2D eigenvalue weighted by molar-refractivity contribution is -0.137. The molecule has 0 saturated heterocycles. The van der Waals surface area contributed by atoms with Crippen LogP contribution in [-0.2, 0) is 16.0 Å². The van der Waals surface area contributed by atoms with Gasteiger partial charge in [-0.2, -0.15) is 0 Å². The van der Waals surface area contributed by atoms with Crippen molar-refractivity contribution in [3.05, 3.63) is 64.5 Å². The maximum atomic E-state index is 11.5. The van der Waals surface area contributed by atoms with E-state index in [1.807, 2.05) is 30.3 Å². The van der Waals surface area contributed by atoms with Crippen LogP contribution in [0.4, 0.5) is 10.8 Å². The molecular weight excluding hydrogens is 372 g/mol. The van der Waals surface area contributed by atoms with E-state index in [1.54, 1.807) is 31.4 Å². The zero-order valence-corrected chi connectivity index (χ0v) is 16.5. The highest BCUT2D eigenvalue weighted by Gasteiger charge is 2.23. The fraction of sp³-hybridized carbons (Fsp3) is 0.182. The topological polar surface area (TPSA) is 60.5 Å². The number of carbonyl (C=O) groups excluding carboxylic acids is 1. The molecule has 0 radical (unpaired) electrons. The molecule has 0 amide bonds. The molecule has 28 heavy (non-hydrogen) atoms. The zero-order chi connectivity index (χ0) is 19.5. The molecule has 0 aliphatic heterocycles. The number of esters is 1. The lowest BCUT2D eigenvalue weighted by Crippen LogP contribution is -1.98. The van der Waals surface area contributed by atoms with Crippen molar-refractivity contribution < 1.29 is 14.3 Å². The molecule has 3 aromatic rings. The fourth-order valence-electron chi connectivity index (χ4n) is 3.16. The van der Waals surface area contributed by atoms with E-state index >= 15 is 0 Å². The molecule has 0 fully saturated rings. The van der Waals surface area contributed by atoms with Gasteiger partial charge in [0.2, 0.25) is 0 Å². The van der Waals surface area contributed by atoms with Crippen LogP contribution in [0.5, 0.6) is 5.75 Å². The first-order chi connectivity index (χ1) is 13.7. The number of thiazole rings is 1. The third-order valence-electron chi connectivity index (χ3n) is 4.47. The highest BCUT2D eigenvalue weighted by Crippen LogP contribution is 2.42. The van der Waals surface area contributed by atoms with Crippen molar-refractivity contribution in [3.8, 4) is 17.0 Å². The van der Waals surface area contributed by atoms with Gasteiger partial charge >= 0.3 is 5.97 Å². The average Bonchev–Trinajstić information content (AvgIpc) is 3.24. The molecule has 0 atom stereocenters. The van der Waals surface area contributed by atoms with E-state index < -0.39 is 0 Å². The summed E-state index contributed by atoms with van der Waals surface area (Å²) in [6.07, 6.45) is 4.10. The Hall–Kier alpha value is -3.12. The van der Waals surface area contributed by atoms with Crippen LogP contribution in [0, 0.1) is 0 Å². The highest BCUT2D eigenvalue weighted by molar-refractivity contribution is 7.16. The van der Waals surface area contributed by atoms with Crippen molar-refractivity contribution in [2.75, 3.05) is 19.0 Å². The first kappa shape index (κ1) is 18.3. The lowest BCUT2D eigenvalue weighted by atomic mass is 10.1. The summed E-state index contributed by atoms with van der Waals surface area (Å²) in [6.45, 7) is 2.18. The number of hydrogen-bond acceptors (Lipinski definition) is 6. The molecular formula is C22H20N2O3S. The number of rotatable bonds is 6. The smallest absolute Gasteiger partial charge is 0.330 e. The quantitative estimate of drug-likeness (QED) is 0.368. The Balaban J connectivity index is 1.50. The van der Waals surface area contributed by atoms with E-state index in [2.05, 4.69) is 17.4 Å². The maximum absolute atomic E-state index is 11.5. The van der Waals surface area contributed by atoms with Crippen molar-refractivity contribution in [1.29, 1.82) is 0 Å². The molecule has 1 heterocycles. The summed E-state index contributed by atoms with van der Waals surface area (Å²) >= 11 is 1.67. The number of aromatic nitrogens is 1. The number of ether oxygens (including phenoxy) is 2. The van der Waals surface area contributed by atoms with E-state index in [-0.39, 0.29) is 5.97 Å². The number of benzene rings is 2. The Morgan fingerprint density at radius 2 is 2.07 bits per heavy atom. The largest absolute Gasteiger partial charge is 0.497 e. The van der Waals surface area contributed by atoms with Gasteiger partial charge in [0.25, 0.3) is 0 Å². The van der Waals surface area contributed by atoms with E-state index in [4.69, 9.17) is 14.5 Å². The van der Waals surface area contributed by atoms with Gasteiger partial charge in [-0.3, -0.25) is 0 Å². The third kappa shape index (κ3) is 3.77. The molecule has 0 saturated carbocycles. The van der Waals surface area contributed by atoms with Gasteiger partial charge in [-0.05, 0) is 48.4 Å². The van der Waals surface area contributed by atoms with Gasteiger partial charge in [0.1, 0.15) is 5.75 Å². The molecule has 0 bridgehead atoms. The first-order valence-electron chi connectivity index (χ1n) is 9.05.